The number of aromatic nitrogens is 4. The van der Waals surface area contributed by atoms with Gasteiger partial charge in [-0.3, -0.25) is 4.79 Å². The first-order valence-electron chi connectivity index (χ1n) is 11.8. The molecule has 8 nitrogen and oxygen atoms in total. The molecule has 0 bridgehead atoms. The van der Waals surface area contributed by atoms with E-state index >= 15 is 0 Å². The van der Waals surface area contributed by atoms with Crippen molar-refractivity contribution in [2.45, 2.75) is 19.3 Å². The first-order chi connectivity index (χ1) is 19.1. The van der Waals surface area contributed by atoms with Crippen molar-refractivity contribution < 1.29 is 26.7 Å². The number of nitrogens with one attached hydrogen (secondary N) is 2. The third kappa shape index (κ3) is 5.53. The smallest absolute Gasteiger partial charge is 0.382 e. The van der Waals surface area contributed by atoms with Crippen LogP contribution < -0.4 is 16.4 Å². The molecule has 0 aliphatic rings. The third-order valence-electron chi connectivity index (χ3n) is 6.09. The zero-order valence-corrected chi connectivity index (χ0v) is 20.5. The second kappa shape index (κ2) is 10.6. The minimum absolute atomic E-state index is 0.0791. The van der Waals surface area contributed by atoms with Crippen molar-refractivity contribution in [3.8, 4) is 11.3 Å². The van der Waals surface area contributed by atoms with Gasteiger partial charge in [-0.1, -0.05) is 30.3 Å². The summed E-state index contributed by atoms with van der Waals surface area (Å²) in [5, 5.41) is 9.55. The topological polar surface area (TPSA) is 110 Å². The molecule has 5 aromatic rings. The van der Waals surface area contributed by atoms with Crippen LogP contribution in [0.3, 0.4) is 0 Å². The number of benzene rings is 2. The highest BCUT2D eigenvalue weighted by Crippen LogP contribution is 2.31. The number of carbonyl (C=O) groups is 1. The summed E-state index contributed by atoms with van der Waals surface area (Å²) in [6.45, 7) is -0.0930. The van der Waals surface area contributed by atoms with Crippen LogP contribution in [-0.4, -0.2) is 25.5 Å². The summed E-state index contributed by atoms with van der Waals surface area (Å²) in [4.78, 5) is 20.6. The fraction of sp³-hybridized carbons (Fsp3) is 0.111. The lowest BCUT2D eigenvalue weighted by molar-refractivity contribution is -0.137. The summed E-state index contributed by atoms with van der Waals surface area (Å²) in [6, 6.07) is 14.7. The van der Waals surface area contributed by atoms with Crippen LogP contribution in [0, 0.1) is 11.6 Å². The van der Waals surface area contributed by atoms with Crippen molar-refractivity contribution in [2.24, 2.45) is 0 Å². The largest absolute Gasteiger partial charge is 0.417 e. The number of alkyl halides is 3. The number of nitrogens with zero attached hydrogens (tertiary/aromatic N) is 4. The Bertz CT molecular complexity index is 1700. The predicted molar refractivity (Wildman–Crippen MR) is 137 cm³/mol. The molecule has 0 saturated carbocycles. The molecular formula is C27H20F5N7O. The van der Waals surface area contributed by atoms with Crippen molar-refractivity contribution in [3.63, 3.8) is 0 Å². The van der Waals surface area contributed by atoms with Gasteiger partial charge < -0.3 is 16.4 Å². The van der Waals surface area contributed by atoms with E-state index in [1.54, 1.807) is 22.7 Å². The Labute approximate surface area is 223 Å². The first kappa shape index (κ1) is 26.5. The van der Waals surface area contributed by atoms with Crippen LogP contribution in [0.4, 0.5) is 33.6 Å². The van der Waals surface area contributed by atoms with Crippen molar-refractivity contribution in [2.75, 3.05) is 11.1 Å². The highest BCUT2D eigenvalue weighted by molar-refractivity contribution is 5.99. The van der Waals surface area contributed by atoms with Crippen LogP contribution in [-0.2, 0) is 19.3 Å². The highest BCUT2D eigenvalue weighted by atomic mass is 19.4. The van der Waals surface area contributed by atoms with Crippen molar-refractivity contribution in [3.05, 3.63) is 107 Å². The number of nitrogens with two attached hydrogens (primary N) is 1. The second-order valence-electron chi connectivity index (χ2n) is 8.76. The molecule has 40 heavy (non-hydrogen) atoms. The quantitative estimate of drug-likeness (QED) is 0.239. The average molecular weight is 553 g/mol. The molecule has 1 amide bonds. The third-order valence-corrected chi connectivity index (χ3v) is 6.09. The number of pyridine rings is 1. The van der Waals surface area contributed by atoms with Gasteiger partial charge in [0.1, 0.15) is 17.7 Å². The van der Waals surface area contributed by atoms with Crippen LogP contribution in [0.15, 0.2) is 73.2 Å². The summed E-state index contributed by atoms with van der Waals surface area (Å²) >= 11 is 0. The fourth-order valence-electron chi connectivity index (χ4n) is 4.01. The van der Waals surface area contributed by atoms with E-state index in [-0.39, 0.29) is 30.0 Å². The normalized spacial score (nSPS) is 11.5. The SMILES string of the molecule is Nc1ncnn2c(-c3ccc(CNc4ncc(C(F)(F)F)cc4C(=O)NCc4ccc(F)c(F)c4)cc3)ccc12. The first-order valence-corrected chi connectivity index (χ1v) is 11.8. The minimum Gasteiger partial charge on any atom is -0.382 e. The van der Waals surface area contributed by atoms with Gasteiger partial charge in [-0.2, -0.15) is 18.3 Å². The minimum atomic E-state index is -4.73. The molecule has 3 heterocycles. The maximum Gasteiger partial charge on any atom is 0.417 e. The maximum absolute atomic E-state index is 13.5. The monoisotopic (exact) mass is 553 g/mol. The van der Waals surface area contributed by atoms with Gasteiger partial charge in [-0.25, -0.2) is 23.3 Å². The van der Waals surface area contributed by atoms with Gasteiger partial charge in [0, 0.05) is 24.8 Å². The van der Waals surface area contributed by atoms with Gasteiger partial charge in [-0.05, 0) is 41.5 Å². The predicted octanol–water partition coefficient (Wildman–Crippen LogP) is 5.21. The van der Waals surface area contributed by atoms with Gasteiger partial charge in [0.25, 0.3) is 5.91 Å². The van der Waals surface area contributed by atoms with E-state index in [0.29, 0.717) is 23.6 Å². The van der Waals surface area contributed by atoms with Crippen LogP contribution in [0.25, 0.3) is 16.8 Å². The summed E-state index contributed by atoms with van der Waals surface area (Å²) in [7, 11) is 0. The van der Waals surface area contributed by atoms with Gasteiger partial charge >= 0.3 is 6.18 Å². The van der Waals surface area contributed by atoms with E-state index < -0.39 is 29.3 Å². The van der Waals surface area contributed by atoms with Crippen LogP contribution in [0.5, 0.6) is 0 Å². The van der Waals surface area contributed by atoms with Crippen LogP contribution in [0.1, 0.15) is 27.0 Å². The lowest BCUT2D eigenvalue weighted by Crippen LogP contribution is -2.25. The second-order valence-corrected chi connectivity index (χ2v) is 8.76. The lowest BCUT2D eigenvalue weighted by atomic mass is 10.1. The number of carbonyl (C=O) groups excluding carboxylic acids is 1. The molecule has 0 aliphatic heterocycles. The number of nitrogen functional groups attached to an aromatic ring is 1. The standard InChI is InChI=1S/C27H20F5N7O/c28-20-6-3-16(9-21(20)29)12-36-26(40)19-10-18(27(30,31)32)13-35-25(19)34-11-15-1-4-17(5-2-15)22-7-8-23-24(33)37-14-38-39(22)23/h1-10,13-14H,11-12H2,(H,34,35)(H,36,40)(H2,33,37,38). The van der Waals surface area contributed by atoms with E-state index in [1.165, 1.54) is 12.4 Å². The Balaban J connectivity index is 1.33. The summed E-state index contributed by atoms with van der Waals surface area (Å²) in [5.41, 5.74) is 7.69. The number of hydrogen-bond donors (Lipinski definition) is 3. The molecular weight excluding hydrogens is 533 g/mol. The van der Waals surface area contributed by atoms with Crippen molar-refractivity contribution >= 4 is 23.1 Å². The molecule has 0 fully saturated rings. The molecule has 5 rings (SSSR count). The molecule has 4 N–H and O–H groups in total. The molecule has 204 valence electrons. The Kier molecular flexibility index (Phi) is 7.03. The van der Waals surface area contributed by atoms with E-state index in [9.17, 15) is 26.7 Å². The van der Waals surface area contributed by atoms with Gasteiger partial charge in [0.05, 0.1) is 16.8 Å². The van der Waals surface area contributed by atoms with Crippen LogP contribution >= 0.6 is 0 Å². The fourth-order valence-corrected chi connectivity index (χ4v) is 4.01. The van der Waals surface area contributed by atoms with Crippen molar-refractivity contribution in [1.82, 2.24) is 24.9 Å². The maximum atomic E-state index is 13.5. The molecule has 0 spiro atoms. The molecule has 0 atom stereocenters. The number of anilines is 2. The van der Waals surface area contributed by atoms with Gasteiger partial charge in [0.2, 0.25) is 0 Å². The number of fused-ring (bicyclic) bond motifs is 1. The Morgan fingerprint density at radius 3 is 2.38 bits per heavy atom. The molecule has 0 radical (unpaired) electrons. The van der Waals surface area contributed by atoms with E-state index in [0.717, 1.165) is 29.0 Å². The molecule has 0 saturated heterocycles. The lowest BCUT2D eigenvalue weighted by Gasteiger charge is -2.15. The Morgan fingerprint density at radius 2 is 1.65 bits per heavy atom. The zero-order chi connectivity index (χ0) is 28.4. The zero-order valence-electron chi connectivity index (χ0n) is 20.5. The molecule has 0 aliphatic carbocycles. The highest BCUT2D eigenvalue weighted by Gasteiger charge is 2.32. The average Bonchev–Trinajstić information content (AvgIpc) is 3.37. The van der Waals surface area contributed by atoms with Crippen LogP contribution in [0.2, 0.25) is 0 Å². The Hall–Kier alpha value is -5.07. The van der Waals surface area contributed by atoms with E-state index in [4.69, 9.17) is 5.73 Å². The number of hydrogen-bond acceptors (Lipinski definition) is 6. The molecule has 2 aromatic carbocycles. The summed E-state index contributed by atoms with van der Waals surface area (Å²) in [5.74, 6) is -2.77. The summed E-state index contributed by atoms with van der Waals surface area (Å²) < 4.78 is 68.3. The van der Waals surface area contributed by atoms with E-state index in [2.05, 4.69) is 25.7 Å². The molecule has 3 aromatic heterocycles. The van der Waals surface area contributed by atoms with Gasteiger partial charge in [-0.15, -0.1) is 0 Å². The number of amides is 1. The van der Waals surface area contributed by atoms with E-state index in [1.807, 2.05) is 18.2 Å². The van der Waals surface area contributed by atoms with Gasteiger partial charge in [0.15, 0.2) is 17.5 Å². The molecule has 13 heteroatoms. The molecule has 0 unspecified atom stereocenters. The summed E-state index contributed by atoms with van der Waals surface area (Å²) in [6.07, 6.45) is -2.75. The van der Waals surface area contributed by atoms with Crippen molar-refractivity contribution in [1.29, 1.82) is 0 Å². The number of rotatable bonds is 7. The number of halogens is 5. The Morgan fingerprint density at radius 1 is 0.900 bits per heavy atom.